The first-order chi connectivity index (χ1) is 5.61. The summed E-state index contributed by atoms with van der Waals surface area (Å²) in [6.45, 7) is 7.50. The first-order valence-electron chi connectivity index (χ1n) is 3.79. The largest absolute Gasteiger partial charge is 0.453 e. The minimum absolute atomic E-state index is 0.252. The highest BCUT2D eigenvalue weighted by molar-refractivity contribution is 5.69. The SMILES string of the molecule is C=C/C=C(\NC(=O)OC)C(C)C. The number of carbonyl (C=O) groups is 1. The van der Waals surface area contributed by atoms with E-state index in [-0.39, 0.29) is 5.92 Å². The van der Waals surface area contributed by atoms with Crippen LogP contribution in [0.15, 0.2) is 24.4 Å². The monoisotopic (exact) mass is 169 g/mol. The van der Waals surface area contributed by atoms with Gasteiger partial charge in [0.15, 0.2) is 0 Å². The fourth-order valence-corrected chi connectivity index (χ4v) is 0.674. The average molecular weight is 169 g/mol. The van der Waals surface area contributed by atoms with E-state index in [0.717, 1.165) is 5.70 Å². The fourth-order valence-electron chi connectivity index (χ4n) is 0.674. The Morgan fingerprint density at radius 3 is 2.50 bits per heavy atom. The summed E-state index contributed by atoms with van der Waals surface area (Å²) in [5.41, 5.74) is 0.803. The van der Waals surface area contributed by atoms with Gasteiger partial charge in [-0.2, -0.15) is 0 Å². The lowest BCUT2D eigenvalue weighted by molar-refractivity contribution is 0.173. The summed E-state index contributed by atoms with van der Waals surface area (Å²) in [6, 6.07) is 0. The van der Waals surface area contributed by atoms with E-state index in [1.807, 2.05) is 13.8 Å². The number of allylic oxidation sites excluding steroid dienone is 3. The Hall–Kier alpha value is -1.25. The molecule has 0 fully saturated rings. The van der Waals surface area contributed by atoms with Crippen molar-refractivity contribution in [2.45, 2.75) is 13.8 Å². The Morgan fingerprint density at radius 2 is 2.17 bits per heavy atom. The molecule has 0 saturated heterocycles. The second kappa shape index (κ2) is 5.41. The van der Waals surface area contributed by atoms with Gasteiger partial charge in [-0.3, -0.25) is 5.32 Å². The summed E-state index contributed by atoms with van der Waals surface area (Å²) < 4.78 is 4.45. The Morgan fingerprint density at radius 1 is 1.58 bits per heavy atom. The summed E-state index contributed by atoms with van der Waals surface area (Å²) >= 11 is 0. The number of carbonyl (C=O) groups excluding carboxylic acids is 1. The predicted octanol–water partition coefficient (Wildman–Crippen LogP) is 2.07. The maximum absolute atomic E-state index is 10.8. The van der Waals surface area contributed by atoms with Crippen molar-refractivity contribution in [3.63, 3.8) is 0 Å². The van der Waals surface area contributed by atoms with Gasteiger partial charge < -0.3 is 4.74 Å². The smallest absolute Gasteiger partial charge is 0.411 e. The van der Waals surface area contributed by atoms with Gasteiger partial charge in [-0.05, 0) is 12.0 Å². The van der Waals surface area contributed by atoms with Gasteiger partial charge in [0.1, 0.15) is 0 Å². The number of rotatable bonds is 3. The molecule has 0 aliphatic heterocycles. The predicted molar refractivity (Wildman–Crippen MR) is 48.7 cm³/mol. The lowest BCUT2D eigenvalue weighted by Crippen LogP contribution is -2.24. The van der Waals surface area contributed by atoms with Gasteiger partial charge >= 0.3 is 6.09 Å². The molecule has 1 N–H and O–H groups in total. The molecule has 12 heavy (non-hydrogen) atoms. The summed E-state index contributed by atoms with van der Waals surface area (Å²) in [4.78, 5) is 10.8. The van der Waals surface area contributed by atoms with Crippen molar-refractivity contribution in [2.75, 3.05) is 7.11 Å². The van der Waals surface area contributed by atoms with Crippen molar-refractivity contribution < 1.29 is 9.53 Å². The molecule has 0 heterocycles. The molecular formula is C9H15NO2. The highest BCUT2D eigenvalue weighted by Gasteiger charge is 2.05. The topological polar surface area (TPSA) is 38.3 Å². The van der Waals surface area contributed by atoms with E-state index < -0.39 is 6.09 Å². The molecule has 0 aromatic carbocycles. The van der Waals surface area contributed by atoms with E-state index >= 15 is 0 Å². The number of hydrogen-bond acceptors (Lipinski definition) is 2. The van der Waals surface area contributed by atoms with Crippen molar-refractivity contribution in [3.05, 3.63) is 24.4 Å². The Balaban J connectivity index is 4.24. The quantitative estimate of drug-likeness (QED) is 0.657. The lowest BCUT2D eigenvalue weighted by Gasteiger charge is -2.10. The van der Waals surface area contributed by atoms with Crippen LogP contribution in [0.5, 0.6) is 0 Å². The molecule has 0 atom stereocenters. The number of amides is 1. The Labute approximate surface area is 73.1 Å². The normalized spacial score (nSPS) is 11.2. The zero-order valence-electron chi connectivity index (χ0n) is 7.76. The number of alkyl carbamates (subject to hydrolysis) is 1. The number of ether oxygens (including phenoxy) is 1. The number of methoxy groups -OCH3 is 1. The average Bonchev–Trinajstić information content (AvgIpc) is 2.03. The van der Waals surface area contributed by atoms with Gasteiger partial charge in [-0.25, -0.2) is 4.79 Å². The third kappa shape index (κ3) is 3.81. The van der Waals surface area contributed by atoms with Crippen LogP contribution in [0.4, 0.5) is 4.79 Å². The minimum Gasteiger partial charge on any atom is -0.453 e. The first kappa shape index (κ1) is 10.8. The van der Waals surface area contributed by atoms with Gasteiger partial charge in [0.05, 0.1) is 7.11 Å². The second-order valence-electron chi connectivity index (χ2n) is 2.63. The second-order valence-corrected chi connectivity index (χ2v) is 2.63. The molecule has 3 heteroatoms. The van der Waals surface area contributed by atoms with Crippen LogP contribution in [0.25, 0.3) is 0 Å². The minimum atomic E-state index is -0.447. The zero-order valence-corrected chi connectivity index (χ0v) is 7.76. The van der Waals surface area contributed by atoms with E-state index in [2.05, 4.69) is 16.6 Å². The highest BCUT2D eigenvalue weighted by Crippen LogP contribution is 2.05. The molecule has 3 nitrogen and oxygen atoms in total. The van der Waals surface area contributed by atoms with Gasteiger partial charge in [0.25, 0.3) is 0 Å². The lowest BCUT2D eigenvalue weighted by atomic mass is 10.1. The van der Waals surface area contributed by atoms with E-state index in [4.69, 9.17) is 0 Å². The summed E-state index contributed by atoms with van der Waals surface area (Å²) in [5, 5.41) is 2.60. The van der Waals surface area contributed by atoms with Crippen LogP contribution < -0.4 is 5.32 Å². The third-order valence-electron chi connectivity index (χ3n) is 1.35. The van der Waals surface area contributed by atoms with Gasteiger partial charge in [-0.1, -0.05) is 26.5 Å². The van der Waals surface area contributed by atoms with Crippen molar-refractivity contribution in [1.29, 1.82) is 0 Å². The Bertz CT molecular complexity index is 195. The van der Waals surface area contributed by atoms with Crippen LogP contribution in [-0.2, 0) is 4.74 Å². The Kier molecular flexibility index (Phi) is 4.84. The van der Waals surface area contributed by atoms with Gasteiger partial charge in [0, 0.05) is 5.70 Å². The van der Waals surface area contributed by atoms with Crippen molar-refractivity contribution in [3.8, 4) is 0 Å². The molecule has 0 aliphatic rings. The van der Waals surface area contributed by atoms with Crippen LogP contribution in [-0.4, -0.2) is 13.2 Å². The standard InChI is InChI=1S/C9H15NO2/c1-5-6-8(7(2)3)10-9(11)12-4/h5-7H,1H2,2-4H3,(H,10,11)/b8-6-. The number of nitrogens with one attached hydrogen (secondary N) is 1. The molecule has 0 aromatic rings. The third-order valence-corrected chi connectivity index (χ3v) is 1.35. The molecule has 68 valence electrons. The maximum atomic E-state index is 10.8. The van der Waals surface area contributed by atoms with Crippen molar-refractivity contribution in [1.82, 2.24) is 5.32 Å². The fraction of sp³-hybridized carbons (Fsp3) is 0.444. The molecule has 0 unspecified atom stereocenters. The molecule has 0 bridgehead atoms. The van der Waals surface area contributed by atoms with Crippen LogP contribution in [0.1, 0.15) is 13.8 Å². The van der Waals surface area contributed by atoms with E-state index in [0.29, 0.717) is 0 Å². The molecule has 0 spiro atoms. The van der Waals surface area contributed by atoms with E-state index in [1.165, 1.54) is 7.11 Å². The van der Waals surface area contributed by atoms with Crippen LogP contribution in [0, 0.1) is 5.92 Å². The van der Waals surface area contributed by atoms with Gasteiger partial charge in [0.2, 0.25) is 0 Å². The molecule has 0 aromatic heterocycles. The molecule has 0 saturated carbocycles. The molecule has 1 amide bonds. The van der Waals surface area contributed by atoms with Crippen molar-refractivity contribution in [2.24, 2.45) is 5.92 Å². The van der Waals surface area contributed by atoms with Crippen LogP contribution in [0.2, 0.25) is 0 Å². The molecule has 0 radical (unpaired) electrons. The zero-order chi connectivity index (χ0) is 9.56. The van der Waals surface area contributed by atoms with E-state index in [9.17, 15) is 4.79 Å². The van der Waals surface area contributed by atoms with Crippen molar-refractivity contribution >= 4 is 6.09 Å². The summed E-state index contributed by atoms with van der Waals surface area (Å²) in [5.74, 6) is 0.252. The number of hydrogen-bond donors (Lipinski definition) is 1. The molecular weight excluding hydrogens is 154 g/mol. The van der Waals surface area contributed by atoms with E-state index in [1.54, 1.807) is 12.2 Å². The van der Waals surface area contributed by atoms with Crippen LogP contribution in [0.3, 0.4) is 0 Å². The molecule has 0 rings (SSSR count). The summed E-state index contributed by atoms with van der Waals surface area (Å²) in [6.07, 6.45) is 2.93. The first-order valence-corrected chi connectivity index (χ1v) is 3.79. The molecule has 0 aliphatic carbocycles. The summed E-state index contributed by atoms with van der Waals surface area (Å²) in [7, 11) is 1.33. The maximum Gasteiger partial charge on any atom is 0.411 e. The van der Waals surface area contributed by atoms with Crippen LogP contribution >= 0.6 is 0 Å². The van der Waals surface area contributed by atoms with Gasteiger partial charge in [-0.15, -0.1) is 0 Å². The highest BCUT2D eigenvalue weighted by atomic mass is 16.5.